The van der Waals surface area contributed by atoms with Crippen LogP contribution in [0, 0.1) is 5.82 Å². The number of aliphatic carboxylic acids is 1. The second kappa shape index (κ2) is 10.3. The summed E-state index contributed by atoms with van der Waals surface area (Å²) < 4.78 is 59.7. The molecule has 4 rings (SSSR count). The van der Waals surface area contributed by atoms with Crippen LogP contribution in [0.15, 0.2) is 54.9 Å². The molecular weight excluding hydrogens is 468 g/mol. The fraction of sp³-hybridized carbons (Fsp3) is 0.292. The third kappa shape index (κ3) is 5.86. The minimum absolute atomic E-state index is 0.0208. The number of benzene rings is 2. The molecule has 1 atom stereocenters. The first kappa shape index (κ1) is 24.4. The van der Waals surface area contributed by atoms with Gasteiger partial charge >= 0.3 is 12.1 Å². The molecule has 0 spiro atoms. The van der Waals surface area contributed by atoms with Crippen molar-refractivity contribution in [2.45, 2.75) is 25.2 Å². The van der Waals surface area contributed by atoms with E-state index in [9.17, 15) is 18.0 Å². The van der Waals surface area contributed by atoms with Gasteiger partial charge in [-0.1, -0.05) is 36.4 Å². The van der Waals surface area contributed by atoms with Gasteiger partial charge < -0.3 is 20.1 Å². The van der Waals surface area contributed by atoms with Gasteiger partial charge in [0.15, 0.2) is 11.6 Å². The number of nitrogens with zero attached hydrogens (tertiary/aromatic N) is 3. The Kier molecular flexibility index (Phi) is 7.15. The van der Waals surface area contributed by atoms with Gasteiger partial charge in [-0.2, -0.15) is 17.6 Å². The van der Waals surface area contributed by atoms with E-state index in [4.69, 9.17) is 9.84 Å². The molecule has 1 aliphatic rings. The van der Waals surface area contributed by atoms with Gasteiger partial charge in [0.25, 0.3) is 0 Å². The number of nitrogens with one attached hydrogen (secondary N) is 1. The zero-order chi connectivity index (χ0) is 25.0. The molecule has 1 aliphatic heterocycles. The van der Waals surface area contributed by atoms with E-state index in [1.165, 1.54) is 18.5 Å². The van der Waals surface area contributed by atoms with Crippen molar-refractivity contribution in [1.29, 1.82) is 0 Å². The maximum absolute atomic E-state index is 15.4. The second-order valence-electron chi connectivity index (χ2n) is 8.00. The number of halogens is 4. The number of carbonyl (C=O) groups is 1. The van der Waals surface area contributed by atoms with E-state index < -0.39 is 29.6 Å². The van der Waals surface area contributed by atoms with Crippen LogP contribution in [0.5, 0.6) is 0 Å². The number of alkyl halides is 3. The minimum Gasteiger partial charge on any atom is -0.481 e. The highest BCUT2D eigenvalue weighted by Crippen LogP contribution is 2.34. The van der Waals surface area contributed by atoms with Crippen LogP contribution in [0.3, 0.4) is 0 Å². The maximum Gasteiger partial charge on any atom is 0.416 e. The molecule has 0 bridgehead atoms. The zero-order valence-corrected chi connectivity index (χ0v) is 18.4. The number of carboxylic acid groups (broad SMARTS) is 1. The molecule has 2 heterocycles. The Labute approximate surface area is 198 Å². The molecule has 1 saturated heterocycles. The maximum atomic E-state index is 15.4. The Morgan fingerprint density at radius 1 is 1.09 bits per heavy atom. The number of rotatable bonds is 7. The minimum atomic E-state index is -4.45. The number of hydrogen-bond donors (Lipinski definition) is 2. The lowest BCUT2D eigenvalue weighted by Crippen LogP contribution is -2.40. The normalized spacial score (nSPS) is 16.2. The Hall–Kier alpha value is -3.73. The van der Waals surface area contributed by atoms with Crippen LogP contribution < -0.4 is 10.2 Å². The van der Waals surface area contributed by atoms with E-state index in [-0.39, 0.29) is 31.2 Å². The van der Waals surface area contributed by atoms with Crippen molar-refractivity contribution in [3.05, 3.63) is 82.9 Å². The molecule has 2 N–H and O–H groups in total. The number of carboxylic acids is 1. The SMILES string of the molecule is O=C(O)Cc1ccc(CNc2ncnc(N3CCOCC3c3ccc(C(F)(F)F)cc3)c2F)cc1. The molecule has 35 heavy (non-hydrogen) atoms. The van der Waals surface area contributed by atoms with Crippen LogP contribution >= 0.6 is 0 Å². The topological polar surface area (TPSA) is 87.6 Å². The van der Waals surface area contributed by atoms with Crippen molar-refractivity contribution in [2.75, 3.05) is 30.0 Å². The molecule has 1 unspecified atom stereocenters. The van der Waals surface area contributed by atoms with E-state index in [2.05, 4.69) is 15.3 Å². The molecule has 0 amide bonds. The van der Waals surface area contributed by atoms with Crippen LogP contribution in [-0.4, -0.2) is 40.8 Å². The Morgan fingerprint density at radius 3 is 2.43 bits per heavy atom. The van der Waals surface area contributed by atoms with Gasteiger partial charge in [-0.15, -0.1) is 0 Å². The largest absolute Gasteiger partial charge is 0.481 e. The second-order valence-corrected chi connectivity index (χ2v) is 8.00. The predicted octanol–water partition coefficient (Wildman–Crippen LogP) is 4.45. The van der Waals surface area contributed by atoms with Gasteiger partial charge in [0.2, 0.25) is 5.82 Å². The number of aromatic nitrogens is 2. The Balaban J connectivity index is 1.51. The van der Waals surface area contributed by atoms with Crippen molar-refractivity contribution in [3.63, 3.8) is 0 Å². The Bertz CT molecular complexity index is 1170. The highest BCUT2D eigenvalue weighted by atomic mass is 19.4. The first-order chi connectivity index (χ1) is 16.7. The van der Waals surface area contributed by atoms with Gasteiger partial charge in [-0.05, 0) is 28.8 Å². The number of morpholine rings is 1. The summed E-state index contributed by atoms with van der Waals surface area (Å²) in [4.78, 5) is 20.6. The number of ether oxygens (including phenoxy) is 1. The molecule has 0 saturated carbocycles. The molecule has 0 radical (unpaired) electrons. The van der Waals surface area contributed by atoms with Crippen molar-refractivity contribution in [2.24, 2.45) is 0 Å². The van der Waals surface area contributed by atoms with Crippen molar-refractivity contribution in [1.82, 2.24) is 9.97 Å². The third-order valence-corrected chi connectivity index (χ3v) is 5.63. The number of anilines is 2. The monoisotopic (exact) mass is 490 g/mol. The smallest absolute Gasteiger partial charge is 0.416 e. The summed E-state index contributed by atoms with van der Waals surface area (Å²) in [5.41, 5.74) is 1.23. The summed E-state index contributed by atoms with van der Waals surface area (Å²) in [6.45, 7) is 1.02. The van der Waals surface area contributed by atoms with Crippen LogP contribution in [0.4, 0.5) is 29.2 Å². The van der Waals surface area contributed by atoms with E-state index >= 15 is 4.39 Å². The quantitative estimate of drug-likeness (QED) is 0.473. The van der Waals surface area contributed by atoms with E-state index in [0.29, 0.717) is 24.3 Å². The van der Waals surface area contributed by atoms with Crippen LogP contribution in [0.2, 0.25) is 0 Å². The van der Waals surface area contributed by atoms with Gasteiger partial charge in [0.05, 0.1) is 31.2 Å². The van der Waals surface area contributed by atoms with Gasteiger partial charge in [0.1, 0.15) is 6.33 Å². The lowest BCUT2D eigenvalue weighted by molar-refractivity contribution is -0.138. The average Bonchev–Trinajstić information content (AvgIpc) is 2.84. The molecular formula is C24H22F4N4O3. The highest BCUT2D eigenvalue weighted by Gasteiger charge is 2.32. The van der Waals surface area contributed by atoms with Gasteiger partial charge in [0, 0.05) is 13.1 Å². The fourth-order valence-corrected chi connectivity index (χ4v) is 3.85. The molecule has 184 valence electrons. The van der Waals surface area contributed by atoms with E-state index in [0.717, 1.165) is 17.7 Å². The lowest BCUT2D eigenvalue weighted by Gasteiger charge is -2.37. The summed E-state index contributed by atoms with van der Waals surface area (Å²) in [6, 6.07) is 11.1. The number of hydrogen-bond acceptors (Lipinski definition) is 6. The standard InChI is InChI=1S/C24H22F4N4O3/c25-21-22(29-12-16-3-1-15(2-4-16)11-20(33)34)30-14-31-23(21)32-9-10-35-13-19(32)17-5-7-18(8-6-17)24(26,27)28/h1-8,14,19H,9-13H2,(H,33,34)(H,29,30,31). The summed E-state index contributed by atoms with van der Waals surface area (Å²) in [5, 5.41) is 11.8. The molecule has 1 aromatic heterocycles. The first-order valence-electron chi connectivity index (χ1n) is 10.8. The molecule has 1 fully saturated rings. The Morgan fingerprint density at radius 2 is 1.77 bits per heavy atom. The van der Waals surface area contributed by atoms with E-state index in [1.807, 2.05) is 0 Å². The molecule has 0 aliphatic carbocycles. The van der Waals surface area contributed by atoms with Gasteiger partial charge in [-0.25, -0.2) is 9.97 Å². The summed E-state index contributed by atoms with van der Waals surface area (Å²) in [7, 11) is 0. The summed E-state index contributed by atoms with van der Waals surface area (Å²) >= 11 is 0. The third-order valence-electron chi connectivity index (χ3n) is 5.63. The van der Waals surface area contributed by atoms with Crippen LogP contribution in [0.25, 0.3) is 0 Å². The fourth-order valence-electron chi connectivity index (χ4n) is 3.85. The molecule has 7 nitrogen and oxygen atoms in total. The lowest BCUT2D eigenvalue weighted by atomic mass is 10.0. The van der Waals surface area contributed by atoms with Crippen molar-refractivity contribution < 1.29 is 32.2 Å². The predicted molar refractivity (Wildman–Crippen MR) is 119 cm³/mol. The van der Waals surface area contributed by atoms with E-state index in [1.54, 1.807) is 29.2 Å². The average molecular weight is 490 g/mol. The zero-order valence-electron chi connectivity index (χ0n) is 18.4. The molecule has 2 aromatic carbocycles. The van der Waals surface area contributed by atoms with Crippen molar-refractivity contribution in [3.8, 4) is 0 Å². The summed E-state index contributed by atoms with van der Waals surface area (Å²) in [5.74, 6) is -1.62. The highest BCUT2D eigenvalue weighted by molar-refractivity contribution is 5.70. The first-order valence-corrected chi connectivity index (χ1v) is 10.8. The van der Waals surface area contributed by atoms with Crippen LogP contribution in [0.1, 0.15) is 28.3 Å². The summed E-state index contributed by atoms with van der Waals surface area (Å²) in [6.07, 6.45) is -3.32. The van der Waals surface area contributed by atoms with Crippen LogP contribution in [-0.2, 0) is 28.7 Å². The van der Waals surface area contributed by atoms with Crippen molar-refractivity contribution >= 4 is 17.6 Å². The molecule has 11 heteroatoms. The van der Waals surface area contributed by atoms with Gasteiger partial charge in [-0.3, -0.25) is 4.79 Å². The molecule has 3 aromatic rings.